The van der Waals surface area contributed by atoms with E-state index in [4.69, 9.17) is 18.3 Å². The Balaban J connectivity index is 2.14. The lowest BCUT2D eigenvalue weighted by Gasteiger charge is -2.44. The van der Waals surface area contributed by atoms with Crippen LogP contribution in [-0.4, -0.2) is 62.5 Å². The van der Waals surface area contributed by atoms with Crippen molar-refractivity contribution in [3.63, 3.8) is 0 Å². The van der Waals surface area contributed by atoms with Crippen LogP contribution in [0.4, 0.5) is 5.82 Å². The SMILES string of the molecule is CC(=O)Nc1ccn([C@@H]2O[C@H]([C@@H]3CCCC(=O)O3)[C@@H](O[Si](C)(C)C(C)(C)C)[C@H]2O[Si](C)(C)C(C)(C)C)c(=O)n1. The van der Waals surface area contributed by atoms with E-state index in [1.165, 1.54) is 11.5 Å². The van der Waals surface area contributed by atoms with Crippen LogP contribution in [0, 0.1) is 0 Å². The van der Waals surface area contributed by atoms with Crippen molar-refractivity contribution in [1.29, 1.82) is 0 Å². The summed E-state index contributed by atoms with van der Waals surface area (Å²) in [5.41, 5.74) is -0.581. The third-order valence-electron chi connectivity index (χ3n) is 8.63. The molecule has 2 fully saturated rings. The van der Waals surface area contributed by atoms with Gasteiger partial charge in [-0.1, -0.05) is 41.5 Å². The van der Waals surface area contributed by atoms with Crippen molar-refractivity contribution in [1.82, 2.24) is 9.55 Å². The number of nitrogens with zero attached hydrogens (tertiary/aromatic N) is 2. The Bertz CT molecular complexity index is 1120. The molecule has 220 valence electrons. The fourth-order valence-electron chi connectivity index (χ4n) is 4.30. The van der Waals surface area contributed by atoms with E-state index < -0.39 is 53.0 Å². The first kappa shape index (κ1) is 31.7. The Morgan fingerprint density at radius 1 is 1.03 bits per heavy atom. The smallest absolute Gasteiger partial charge is 0.351 e. The van der Waals surface area contributed by atoms with Crippen LogP contribution >= 0.6 is 0 Å². The second-order valence-corrected chi connectivity index (χ2v) is 23.3. The number of hydrogen-bond acceptors (Lipinski definition) is 8. The maximum absolute atomic E-state index is 13.3. The van der Waals surface area contributed by atoms with Gasteiger partial charge in [0, 0.05) is 19.5 Å². The molecule has 2 aliphatic heterocycles. The molecule has 0 unspecified atom stereocenters. The molecule has 3 rings (SSSR count). The lowest BCUT2D eigenvalue weighted by Crippen LogP contribution is -2.55. The van der Waals surface area contributed by atoms with E-state index in [1.807, 2.05) is 0 Å². The molecule has 1 amide bonds. The van der Waals surface area contributed by atoms with E-state index >= 15 is 0 Å². The Labute approximate surface area is 234 Å². The second kappa shape index (κ2) is 11.2. The van der Waals surface area contributed by atoms with Gasteiger partial charge in [-0.05, 0) is 55.2 Å². The minimum absolute atomic E-state index is 0.0984. The summed E-state index contributed by atoms with van der Waals surface area (Å²) in [6.07, 6.45) is 0.0719. The maximum atomic E-state index is 13.3. The number of esters is 1. The lowest BCUT2D eigenvalue weighted by atomic mass is 9.99. The number of carbonyl (C=O) groups is 2. The summed E-state index contributed by atoms with van der Waals surface area (Å²) in [6, 6.07) is 1.56. The van der Waals surface area contributed by atoms with Gasteiger partial charge < -0.3 is 23.6 Å². The summed E-state index contributed by atoms with van der Waals surface area (Å²) in [6.45, 7) is 23.0. The normalized spacial score (nSPS) is 26.8. The number of hydrogen-bond donors (Lipinski definition) is 1. The Morgan fingerprint density at radius 2 is 1.59 bits per heavy atom. The number of anilines is 1. The number of rotatable bonds is 7. The Morgan fingerprint density at radius 3 is 2.08 bits per heavy atom. The van der Waals surface area contributed by atoms with Gasteiger partial charge in [0.2, 0.25) is 5.91 Å². The molecule has 0 bridgehead atoms. The maximum Gasteiger partial charge on any atom is 0.351 e. The average Bonchev–Trinajstić information content (AvgIpc) is 3.08. The van der Waals surface area contributed by atoms with Gasteiger partial charge >= 0.3 is 11.7 Å². The minimum atomic E-state index is -2.40. The van der Waals surface area contributed by atoms with Crippen LogP contribution < -0.4 is 11.0 Å². The molecule has 3 heterocycles. The average molecular weight is 582 g/mol. The van der Waals surface area contributed by atoms with Gasteiger partial charge in [0.15, 0.2) is 22.9 Å². The largest absolute Gasteiger partial charge is 0.459 e. The summed E-state index contributed by atoms with van der Waals surface area (Å²) >= 11 is 0. The molecule has 0 saturated carbocycles. The molecule has 0 spiro atoms. The summed E-state index contributed by atoms with van der Waals surface area (Å²) in [7, 11) is -4.76. The molecule has 5 atom stereocenters. The Hall–Kier alpha value is -1.87. The van der Waals surface area contributed by atoms with Gasteiger partial charge in [-0.2, -0.15) is 4.98 Å². The first-order valence-electron chi connectivity index (χ1n) is 13.8. The van der Waals surface area contributed by atoms with Crippen molar-refractivity contribution in [2.75, 3.05) is 5.32 Å². The van der Waals surface area contributed by atoms with Crippen LogP contribution in [0.2, 0.25) is 36.3 Å². The van der Waals surface area contributed by atoms with E-state index in [0.717, 1.165) is 0 Å². The summed E-state index contributed by atoms with van der Waals surface area (Å²) in [5, 5.41) is 2.33. The number of cyclic esters (lactones) is 1. The van der Waals surface area contributed by atoms with Crippen LogP contribution in [0.15, 0.2) is 17.1 Å². The van der Waals surface area contributed by atoms with Crippen LogP contribution in [0.1, 0.15) is 74.0 Å². The predicted octanol–water partition coefficient (Wildman–Crippen LogP) is 4.98. The standard InChI is InChI=1S/C27H47N3O7Si2/c1-17(31)28-19-15-16-30(25(33)29-19)24-23(37-39(10,11)27(5,6)7)22(36-38(8,9)26(2,3)4)21(35-24)18-13-12-14-20(32)34-18/h15-16,18,21-24H,12-14H2,1-11H3,(H,28,29,31,33)/t18-,21+,22+,23+,24+/m0/s1. The molecular formula is C27H47N3O7Si2. The van der Waals surface area contributed by atoms with Crippen LogP contribution in [-0.2, 0) is 27.9 Å². The number of nitrogens with one attached hydrogen (secondary N) is 1. The Kier molecular flexibility index (Phi) is 9.08. The van der Waals surface area contributed by atoms with Crippen molar-refractivity contribution in [3.05, 3.63) is 22.7 Å². The first-order valence-corrected chi connectivity index (χ1v) is 19.6. The molecule has 39 heavy (non-hydrogen) atoms. The molecule has 12 heteroatoms. The van der Waals surface area contributed by atoms with Crippen LogP contribution in [0.3, 0.4) is 0 Å². The van der Waals surface area contributed by atoms with Gasteiger partial charge in [-0.15, -0.1) is 0 Å². The van der Waals surface area contributed by atoms with Crippen molar-refractivity contribution >= 4 is 34.3 Å². The van der Waals surface area contributed by atoms with Gasteiger partial charge in [0.1, 0.15) is 30.2 Å². The first-order chi connectivity index (χ1) is 17.7. The van der Waals surface area contributed by atoms with E-state index in [-0.39, 0.29) is 27.8 Å². The van der Waals surface area contributed by atoms with Gasteiger partial charge in [0.25, 0.3) is 0 Å². The third-order valence-corrected chi connectivity index (χ3v) is 17.6. The number of amides is 1. The topological polar surface area (TPSA) is 118 Å². The van der Waals surface area contributed by atoms with Crippen LogP contribution in [0.5, 0.6) is 0 Å². The summed E-state index contributed by atoms with van der Waals surface area (Å²) < 4.78 is 27.9. The molecule has 0 aliphatic carbocycles. The summed E-state index contributed by atoms with van der Waals surface area (Å²) in [4.78, 5) is 41.2. The highest BCUT2D eigenvalue weighted by Gasteiger charge is 2.57. The molecule has 2 aliphatic rings. The zero-order chi connectivity index (χ0) is 29.6. The highest BCUT2D eigenvalue weighted by molar-refractivity contribution is 6.74. The molecule has 10 nitrogen and oxygen atoms in total. The minimum Gasteiger partial charge on any atom is -0.459 e. The quantitative estimate of drug-likeness (QED) is 0.354. The zero-order valence-electron chi connectivity index (χ0n) is 25.4. The van der Waals surface area contributed by atoms with E-state index in [2.05, 4.69) is 78.0 Å². The van der Waals surface area contributed by atoms with E-state index in [0.29, 0.717) is 19.3 Å². The lowest BCUT2D eigenvalue weighted by molar-refractivity contribution is -0.168. The molecule has 1 aromatic heterocycles. The fourth-order valence-corrected chi connectivity index (χ4v) is 6.89. The molecule has 2 saturated heterocycles. The number of carbonyl (C=O) groups excluding carboxylic acids is 2. The molecular weight excluding hydrogens is 534 g/mol. The number of ether oxygens (including phenoxy) is 2. The van der Waals surface area contributed by atoms with Crippen molar-refractivity contribution in [2.45, 2.75) is 135 Å². The highest BCUT2D eigenvalue weighted by Crippen LogP contribution is 2.46. The van der Waals surface area contributed by atoms with Crippen LogP contribution in [0.25, 0.3) is 0 Å². The summed E-state index contributed by atoms with van der Waals surface area (Å²) in [5.74, 6) is -0.418. The highest BCUT2D eigenvalue weighted by atomic mass is 28.4. The fraction of sp³-hybridized carbons (Fsp3) is 0.778. The van der Waals surface area contributed by atoms with Gasteiger partial charge in [0.05, 0.1) is 0 Å². The van der Waals surface area contributed by atoms with E-state index in [9.17, 15) is 14.4 Å². The van der Waals surface area contributed by atoms with Crippen molar-refractivity contribution < 1.29 is 27.9 Å². The third kappa shape index (κ3) is 7.08. The van der Waals surface area contributed by atoms with E-state index in [1.54, 1.807) is 12.3 Å². The monoisotopic (exact) mass is 581 g/mol. The van der Waals surface area contributed by atoms with Crippen molar-refractivity contribution in [2.24, 2.45) is 0 Å². The molecule has 0 radical (unpaired) electrons. The van der Waals surface area contributed by atoms with Gasteiger partial charge in [-0.25, -0.2) is 4.79 Å². The molecule has 1 aromatic rings. The number of aromatic nitrogens is 2. The predicted molar refractivity (Wildman–Crippen MR) is 155 cm³/mol. The zero-order valence-corrected chi connectivity index (χ0v) is 27.4. The molecule has 0 aromatic carbocycles. The molecule has 1 N–H and O–H groups in total. The van der Waals surface area contributed by atoms with Crippen molar-refractivity contribution in [3.8, 4) is 0 Å². The van der Waals surface area contributed by atoms with Gasteiger partial charge in [-0.3, -0.25) is 14.2 Å². The second-order valence-electron chi connectivity index (χ2n) is 13.8.